The van der Waals surface area contributed by atoms with Gasteiger partial charge in [-0.05, 0) is 50.1 Å². The maximum absolute atomic E-state index is 13.4. The number of amides is 2. The van der Waals surface area contributed by atoms with Gasteiger partial charge in [-0.2, -0.15) is 8.78 Å². The molecule has 0 aliphatic carbocycles. The number of carbonyl (C=O) groups is 2. The molecule has 0 spiro atoms. The molecular formula is C28H36ClF2N9O3. The number of carbonyl (C=O) groups excluding carboxylic acids is 2. The lowest BCUT2D eigenvalue weighted by Gasteiger charge is -2.30. The zero-order chi connectivity index (χ0) is 31.5. The third-order valence-corrected chi connectivity index (χ3v) is 7.08. The first-order valence-corrected chi connectivity index (χ1v) is 14.0. The number of ether oxygens (including phenoxy) is 1. The Morgan fingerprint density at radius 3 is 2.53 bits per heavy atom. The van der Waals surface area contributed by atoms with E-state index < -0.39 is 30.3 Å². The third kappa shape index (κ3) is 10.0. The van der Waals surface area contributed by atoms with Crippen LogP contribution in [0.5, 0.6) is 5.75 Å². The highest BCUT2D eigenvalue weighted by molar-refractivity contribution is 6.31. The molecule has 2 heterocycles. The normalized spacial score (nSPS) is 15.7. The van der Waals surface area contributed by atoms with Crippen molar-refractivity contribution < 1.29 is 23.1 Å². The van der Waals surface area contributed by atoms with E-state index in [1.54, 1.807) is 25.1 Å². The molecule has 232 valence electrons. The van der Waals surface area contributed by atoms with E-state index in [2.05, 4.69) is 29.9 Å². The van der Waals surface area contributed by atoms with Gasteiger partial charge in [0, 0.05) is 62.8 Å². The van der Waals surface area contributed by atoms with Gasteiger partial charge in [0.2, 0.25) is 11.8 Å². The summed E-state index contributed by atoms with van der Waals surface area (Å²) < 4.78 is 30.9. The molecule has 0 bridgehead atoms. The minimum Gasteiger partial charge on any atom is -0.434 e. The van der Waals surface area contributed by atoms with Crippen molar-refractivity contribution in [3.63, 3.8) is 0 Å². The first-order valence-electron chi connectivity index (χ1n) is 13.7. The Hall–Kier alpha value is -4.04. The fraction of sp³-hybridized carbons (Fsp3) is 0.464. The van der Waals surface area contributed by atoms with Crippen LogP contribution >= 0.6 is 11.6 Å². The van der Waals surface area contributed by atoms with Crippen molar-refractivity contribution >= 4 is 41.2 Å². The van der Waals surface area contributed by atoms with Crippen molar-refractivity contribution in [2.45, 2.75) is 50.3 Å². The number of rotatable bonds is 14. The molecule has 2 atom stereocenters. The molecule has 1 aromatic carbocycles. The fourth-order valence-electron chi connectivity index (χ4n) is 4.53. The number of benzene rings is 1. The fourth-order valence-corrected chi connectivity index (χ4v) is 4.71. The highest BCUT2D eigenvalue weighted by Crippen LogP contribution is 2.26. The van der Waals surface area contributed by atoms with Gasteiger partial charge in [-0.1, -0.05) is 11.6 Å². The van der Waals surface area contributed by atoms with E-state index in [9.17, 15) is 18.4 Å². The average Bonchev–Trinajstić information content (AvgIpc) is 2.96. The number of hydrogen-bond donors (Lipinski definition) is 4. The quantitative estimate of drug-likeness (QED) is 0.186. The Kier molecular flexibility index (Phi) is 12.4. The van der Waals surface area contributed by atoms with E-state index in [-0.39, 0.29) is 39.8 Å². The molecule has 15 heteroatoms. The number of piperidine rings is 1. The summed E-state index contributed by atoms with van der Waals surface area (Å²) in [5.74, 6) is -2.88. The minimum absolute atomic E-state index is 0.0150. The molecule has 1 saturated heterocycles. The Morgan fingerprint density at radius 1 is 1.26 bits per heavy atom. The van der Waals surface area contributed by atoms with Crippen LogP contribution in [0.1, 0.15) is 43.0 Å². The number of amidine groups is 1. The maximum atomic E-state index is 13.4. The third-order valence-electron chi connectivity index (χ3n) is 6.84. The lowest BCUT2D eigenvalue weighted by molar-refractivity contribution is -0.128. The van der Waals surface area contributed by atoms with Crippen LogP contribution in [0.15, 0.2) is 41.7 Å². The Morgan fingerprint density at radius 2 is 1.93 bits per heavy atom. The molecule has 2 unspecified atom stereocenters. The summed E-state index contributed by atoms with van der Waals surface area (Å²) in [5.41, 5.74) is 5.33. The van der Waals surface area contributed by atoms with E-state index in [0.717, 1.165) is 26.1 Å². The average molecular weight is 620 g/mol. The van der Waals surface area contributed by atoms with Gasteiger partial charge in [0.1, 0.15) is 23.5 Å². The molecule has 1 fully saturated rings. The molecule has 5 N–H and O–H groups in total. The first-order chi connectivity index (χ1) is 20.5. The van der Waals surface area contributed by atoms with E-state index in [0.29, 0.717) is 19.3 Å². The molecular weight excluding hydrogens is 584 g/mol. The first kappa shape index (κ1) is 33.5. The molecule has 2 aromatic rings. The highest BCUT2D eigenvalue weighted by atomic mass is 35.5. The number of likely N-dealkylation sites (tertiary alicyclic amines) is 1. The number of aromatic nitrogens is 2. The van der Waals surface area contributed by atoms with Gasteiger partial charge in [-0.15, -0.1) is 0 Å². The van der Waals surface area contributed by atoms with E-state index in [4.69, 9.17) is 28.2 Å². The zero-order valence-corrected chi connectivity index (χ0v) is 24.7. The zero-order valence-electron chi connectivity index (χ0n) is 24.0. The lowest BCUT2D eigenvalue weighted by atomic mass is 10.00. The smallest absolute Gasteiger partial charge is 0.387 e. The molecule has 2 amide bonds. The number of halogens is 3. The monoisotopic (exact) mass is 619 g/mol. The van der Waals surface area contributed by atoms with Crippen LogP contribution in [0.2, 0.25) is 5.02 Å². The molecule has 1 aliphatic heterocycles. The van der Waals surface area contributed by atoms with Gasteiger partial charge in [0.15, 0.2) is 5.92 Å². The Labute approximate surface area is 253 Å². The van der Waals surface area contributed by atoms with Gasteiger partial charge in [0.05, 0.1) is 11.8 Å². The van der Waals surface area contributed by atoms with Crippen molar-refractivity contribution in [1.29, 1.82) is 10.8 Å². The van der Waals surface area contributed by atoms with E-state index in [1.807, 2.05) is 0 Å². The van der Waals surface area contributed by atoms with Gasteiger partial charge in [-0.25, -0.2) is 9.97 Å². The summed E-state index contributed by atoms with van der Waals surface area (Å²) >= 11 is 6.11. The van der Waals surface area contributed by atoms with Crippen LogP contribution < -0.4 is 15.8 Å². The number of nitrogens with one attached hydrogen (secondary N) is 3. The number of hydrogen-bond acceptors (Lipinski definition) is 9. The predicted octanol–water partition coefficient (Wildman–Crippen LogP) is 2.71. The number of alkyl halides is 2. The van der Waals surface area contributed by atoms with Crippen molar-refractivity contribution in [1.82, 2.24) is 25.1 Å². The van der Waals surface area contributed by atoms with E-state index in [1.165, 1.54) is 36.8 Å². The van der Waals surface area contributed by atoms with Gasteiger partial charge >= 0.3 is 6.61 Å². The Bertz CT molecular complexity index is 1310. The van der Waals surface area contributed by atoms with Crippen LogP contribution in [-0.4, -0.2) is 102 Å². The molecule has 0 saturated carbocycles. The maximum Gasteiger partial charge on any atom is 0.387 e. The van der Waals surface area contributed by atoms with Crippen LogP contribution in [-0.2, 0) is 9.59 Å². The van der Waals surface area contributed by atoms with Crippen LogP contribution in [0, 0.1) is 10.8 Å². The summed E-state index contributed by atoms with van der Waals surface area (Å²) in [6.45, 7) is -0.858. The van der Waals surface area contributed by atoms with Gasteiger partial charge < -0.3 is 31.0 Å². The van der Waals surface area contributed by atoms with Crippen LogP contribution in [0.25, 0.3) is 0 Å². The number of aliphatic imine (C=N–C) groups is 1. The highest BCUT2D eigenvalue weighted by Gasteiger charge is 2.31. The van der Waals surface area contributed by atoms with Crippen LogP contribution in [0.4, 0.5) is 8.78 Å². The second kappa shape index (κ2) is 16.0. The molecule has 43 heavy (non-hydrogen) atoms. The summed E-state index contributed by atoms with van der Waals surface area (Å²) in [4.78, 5) is 41.7. The van der Waals surface area contributed by atoms with Crippen molar-refractivity contribution in [3.05, 3.63) is 53.1 Å². The molecule has 0 radical (unpaired) electrons. The summed E-state index contributed by atoms with van der Waals surface area (Å²) in [7, 11) is 3.46. The van der Waals surface area contributed by atoms with Gasteiger partial charge in [-0.3, -0.25) is 20.0 Å². The summed E-state index contributed by atoms with van der Waals surface area (Å²) in [5, 5.41) is 19.6. The molecule has 3 rings (SSSR count). The number of nitrogens with zero attached hydrogens (tertiary/aromatic N) is 5. The predicted molar refractivity (Wildman–Crippen MR) is 159 cm³/mol. The van der Waals surface area contributed by atoms with Crippen molar-refractivity contribution in [3.8, 4) is 5.75 Å². The SMILES string of the molecule is CN(C)C(=O)CCCN1CCC(N=CC(NC(=O)C(C(=N)N)c2ncccn2)C(=N)c2cc(Cl)ccc2OC(F)F)CC1. The number of nitrogens with two attached hydrogens (primary N) is 1. The summed E-state index contributed by atoms with van der Waals surface area (Å²) in [6, 6.07) is 4.06. The lowest BCUT2D eigenvalue weighted by Crippen LogP contribution is -2.47. The second-order valence-electron chi connectivity index (χ2n) is 10.2. The summed E-state index contributed by atoms with van der Waals surface area (Å²) in [6.07, 6.45) is 6.82. The second-order valence-corrected chi connectivity index (χ2v) is 10.6. The molecule has 1 aromatic heterocycles. The van der Waals surface area contributed by atoms with Crippen molar-refractivity contribution in [2.75, 3.05) is 33.7 Å². The van der Waals surface area contributed by atoms with Crippen molar-refractivity contribution in [2.24, 2.45) is 10.7 Å². The van der Waals surface area contributed by atoms with Gasteiger partial charge in [0.25, 0.3) is 0 Å². The minimum atomic E-state index is -3.15. The standard InChI is InChI=1S/C28H36ClF2N9O3/c1-39(2)22(41)5-3-12-40-13-8-18(9-14-40)37-16-20(24(32)19-15-17(29)6-7-21(19)43-28(30)31)38-27(42)23(25(33)34)26-35-10-4-11-36-26/h4,6-7,10-11,15-16,18,20,23,28,32H,3,5,8-9,12-14H2,1-2H3,(H3,33,34)(H,38,42). The Balaban J connectivity index is 1.79. The largest absolute Gasteiger partial charge is 0.434 e. The van der Waals surface area contributed by atoms with Crippen LogP contribution in [0.3, 0.4) is 0 Å². The molecule has 12 nitrogen and oxygen atoms in total. The molecule has 1 aliphatic rings. The topological polar surface area (TPSA) is 174 Å². The van der Waals surface area contributed by atoms with E-state index >= 15 is 0 Å².